The van der Waals surface area contributed by atoms with E-state index in [-0.39, 0.29) is 11.6 Å². The summed E-state index contributed by atoms with van der Waals surface area (Å²) in [5.74, 6) is 0. The van der Waals surface area contributed by atoms with Crippen molar-refractivity contribution in [2.45, 2.75) is 39.2 Å². The molecular formula is C28H22Cl2N2OS3. The lowest BCUT2D eigenvalue weighted by Gasteiger charge is -2.31. The maximum absolute atomic E-state index is 13.9. The van der Waals surface area contributed by atoms with Gasteiger partial charge in [-0.15, -0.1) is 0 Å². The number of rotatable bonds is 2. The topological polar surface area (TPSA) is 34.4 Å². The van der Waals surface area contributed by atoms with E-state index in [1.165, 1.54) is 32.3 Å². The van der Waals surface area contributed by atoms with E-state index in [0.717, 1.165) is 54.7 Å². The van der Waals surface area contributed by atoms with E-state index in [0.29, 0.717) is 5.02 Å². The summed E-state index contributed by atoms with van der Waals surface area (Å²) in [5.41, 5.74) is 5.62. The molecule has 8 heteroatoms. The number of thiazole rings is 1. The summed E-state index contributed by atoms with van der Waals surface area (Å²) in [5, 5.41) is 1.41. The lowest BCUT2D eigenvalue weighted by molar-refractivity contribution is 0.553. The van der Waals surface area contributed by atoms with Gasteiger partial charge in [-0.2, -0.15) is 0 Å². The highest BCUT2D eigenvalue weighted by Crippen LogP contribution is 2.49. The van der Waals surface area contributed by atoms with Crippen LogP contribution in [0.2, 0.25) is 10.0 Å². The predicted molar refractivity (Wildman–Crippen MR) is 156 cm³/mol. The van der Waals surface area contributed by atoms with Gasteiger partial charge in [-0.1, -0.05) is 82.3 Å². The minimum atomic E-state index is -0.191. The molecule has 3 aromatic rings. The standard InChI is InChI=1S/C28H22Cl2N2OS3/c1-15-16(2)35-27(34-15)25-26(33)32-24(18-8-12-21(30)13-9-18)22-5-3-4-19(23(22)31-28(32)36-25)14-17-6-10-20(29)11-7-17/h6-14,24H,3-5H2,1-2H3/b19-14+. The van der Waals surface area contributed by atoms with Gasteiger partial charge in [0.15, 0.2) is 4.80 Å². The summed E-state index contributed by atoms with van der Waals surface area (Å²) in [6.45, 7) is 4.22. The molecule has 1 aliphatic carbocycles. The molecule has 1 atom stereocenters. The second-order valence-electron chi connectivity index (χ2n) is 9.01. The number of thioether (sulfide) groups is 2. The van der Waals surface area contributed by atoms with E-state index in [1.54, 1.807) is 23.5 Å². The van der Waals surface area contributed by atoms with Crippen LogP contribution in [-0.2, 0) is 0 Å². The van der Waals surface area contributed by atoms with Crippen LogP contribution in [-0.4, -0.2) is 4.57 Å². The molecule has 3 heterocycles. The Hall–Kier alpha value is -1.96. The van der Waals surface area contributed by atoms with Crippen LogP contribution in [0.4, 0.5) is 0 Å². The maximum atomic E-state index is 13.9. The minimum Gasteiger partial charge on any atom is -0.272 e. The highest BCUT2D eigenvalue weighted by atomic mass is 35.5. The van der Waals surface area contributed by atoms with Gasteiger partial charge in [-0.3, -0.25) is 9.36 Å². The molecule has 0 fully saturated rings. The van der Waals surface area contributed by atoms with Gasteiger partial charge in [-0.25, -0.2) is 4.99 Å². The Kier molecular flexibility index (Phi) is 6.59. The number of hydrogen-bond donors (Lipinski definition) is 0. The van der Waals surface area contributed by atoms with Crippen molar-refractivity contribution in [3.8, 4) is 0 Å². The summed E-state index contributed by atoms with van der Waals surface area (Å²) >= 11 is 17.2. The first-order valence-electron chi connectivity index (χ1n) is 11.7. The number of allylic oxidation sites excluding steroid dienone is 4. The monoisotopic (exact) mass is 568 g/mol. The fourth-order valence-corrected chi connectivity index (χ4v) is 8.82. The minimum absolute atomic E-state index is 0.0385. The fraction of sp³-hybridized carbons (Fsp3) is 0.214. The van der Waals surface area contributed by atoms with Crippen molar-refractivity contribution in [1.29, 1.82) is 0 Å². The molecule has 2 aromatic carbocycles. The Morgan fingerprint density at radius 3 is 2.25 bits per heavy atom. The van der Waals surface area contributed by atoms with Crippen molar-refractivity contribution in [2.75, 3.05) is 0 Å². The average molecular weight is 570 g/mol. The SMILES string of the molecule is CC1=C(C)SC(=c2sc3n(c2=O)C(c2ccc(Cl)cc2)C2=C(N=3)/C(=C/c3ccc(Cl)cc3)CCC2)S1. The molecule has 0 saturated heterocycles. The van der Waals surface area contributed by atoms with E-state index >= 15 is 0 Å². The van der Waals surface area contributed by atoms with E-state index < -0.39 is 0 Å². The first-order chi connectivity index (χ1) is 17.4. The highest BCUT2D eigenvalue weighted by molar-refractivity contribution is 8.35. The molecule has 1 aromatic heterocycles. The summed E-state index contributed by atoms with van der Waals surface area (Å²) in [6, 6.07) is 15.6. The van der Waals surface area contributed by atoms with Gasteiger partial charge >= 0.3 is 0 Å². The van der Waals surface area contributed by atoms with Crippen molar-refractivity contribution in [1.82, 2.24) is 4.57 Å². The lowest BCUT2D eigenvalue weighted by atomic mass is 9.84. The molecule has 0 saturated carbocycles. The number of nitrogens with zero attached hydrogens (tertiary/aromatic N) is 2. The third-order valence-corrected chi connectivity index (χ3v) is 11.1. The maximum Gasteiger partial charge on any atom is 0.272 e. The van der Waals surface area contributed by atoms with Crippen molar-refractivity contribution < 1.29 is 0 Å². The third kappa shape index (κ3) is 4.37. The van der Waals surface area contributed by atoms with Gasteiger partial charge in [0.2, 0.25) is 0 Å². The van der Waals surface area contributed by atoms with Crippen LogP contribution in [0, 0.1) is 0 Å². The van der Waals surface area contributed by atoms with Crippen molar-refractivity contribution in [3.63, 3.8) is 0 Å². The second kappa shape index (κ2) is 9.73. The molecule has 0 radical (unpaired) electrons. The molecule has 0 N–H and O–H groups in total. The number of aromatic nitrogens is 1. The Morgan fingerprint density at radius 2 is 1.58 bits per heavy atom. The second-order valence-corrected chi connectivity index (χ2v) is 13.6. The van der Waals surface area contributed by atoms with Gasteiger partial charge in [-0.05, 0) is 95.5 Å². The molecule has 0 amide bonds. The number of halogens is 2. The molecule has 3 nitrogen and oxygen atoms in total. The van der Waals surface area contributed by atoms with E-state index in [1.807, 2.05) is 53.1 Å². The summed E-state index contributed by atoms with van der Waals surface area (Å²) < 4.78 is 3.74. The summed E-state index contributed by atoms with van der Waals surface area (Å²) in [4.78, 5) is 22.3. The lowest BCUT2D eigenvalue weighted by Crippen LogP contribution is -2.39. The molecule has 0 spiro atoms. The van der Waals surface area contributed by atoms with E-state index in [4.69, 9.17) is 28.2 Å². The molecule has 3 aliphatic rings. The zero-order chi connectivity index (χ0) is 25.0. The molecule has 6 rings (SSSR count). The molecule has 36 heavy (non-hydrogen) atoms. The molecule has 2 aliphatic heterocycles. The van der Waals surface area contributed by atoms with Crippen LogP contribution in [0.3, 0.4) is 0 Å². The Labute approximate surface area is 231 Å². The molecule has 1 unspecified atom stereocenters. The van der Waals surface area contributed by atoms with Gasteiger partial charge in [0.25, 0.3) is 5.56 Å². The van der Waals surface area contributed by atoms with Crippen LogP contribution < -0.4 is 14.9 Å². The van der Waals surface area contributed by atoms with Gasteiger partial charge in [0.1, 0.15) is 4.53 Å². The van der Waals surface area contributed by atoms with Crippen molar-refractivity contribution >= 4 is 68.4 Å². The van der Waals surface area contributed by atoms with Crippen molar-refractivity contribution in [3.05, 3.63) is 116 Å². The van der Waals surface area contributed by atoms with Gasteiger partial charge < -0.3 is 0 Å². The highest BCUT2D eigenvalue weighted by Gasteiger charge is 2.33. The quantitative estimate of drug-likeness (QED) is 0.316. The van der Waals surface area contributed by atoms with Crippen LogP contribution >= 0.6 is 58.1 Å². The molecule has 182 valence electrons. The average Bonchev–Trinajstić information content (AvgIpc) is 3.38. The normalized spacial score (nSPS) is 20.6. The van der Waals surface area contributed by atoms with Crippen LogP contribution in [0.1, 0.15) is 50.3 Å². The first-order valence-corrected chi connectivity index (χ1v) is 14.9. The zero-order valence-corrected chi connectivity index (χ0v) is 23.6. The van der Waals surface area contributed by atoms with Gasteiger partial charge in [0.05, 0.1) is 16.0 Å². The third-order valence-electron chi connectivity index (χ3n) is 6.68. The summed E-state index contributed by atoms with van der Waals surface area (Å²) in [7, 11) is 0. The number of hydrogen-bond acceptors (Lipinski definition) is 5. The van der Waals surface area contributed by atoms with Crippen molar-refractivity contribution in [2.24, 2.45) is 4.99 Å². The summed E-state index contributed by atoms with van der Waals surface area (Å²) in [6.07, 6.45) is 5.08. The smallest absolute Gasteiger partial charge is 0.272 e. The Bertz CT molecular complexity index is 1640. The Balaban J connectivity index is 1.58. The van der Waals surface area contributed by atoms with E-state index in [9.17, 15) is 4.79 Å². The van der Waals surface area contributed by atoms with E-state index in [2.05, 4.69) is 19.9 Å². The fourth-order valence-electron chi connectivity index (χ4n) is 4.82. The predicted octanol–water partition coefficient (Wildman–Crippen LogP) is 7.76. The van der Waals surface area contributed by atoms with Crippen LogP contribution in [0.15, 0.2) is 85.0 Å². The van der Waals surface area contributed by atoms with Crippen LogP contribution in [0.25, 0.3) is 10.3 Å². The number of benzene rings is 2. The first kappa shape index (κ1) is 24.4. The van der Waals surface area contributed by atoms with Crippen LogP contribution in [0.5, 0.6) is 0 Å². The zero-order valence-electron chi connectivity index (χ0n) is 19.7. The molecular weight excluding hydrogens is 547 g/mol. The molecule has 0 bridgehead atoms. The number of fused-ring (bicyclic) bond motifs is 1. The largest absolute Gasteiger partial charge is 0.272 e. The Morgan fingerprint density at radius 1 is 0.944 bits per heavy atom. The van der Waals surface area contributed by atoms with Gasteiger partial charge in [0, 0.05) is 10.0 Å².